The zero-order valence-corrected chi connectivity index (χ0v) is 18.2. The second-order valence-electron chi connectivity index (χ2n) is 7.86. The third-order valence-corrected chi connectivity index (χ3v) is 7.90. The summed E-state index contributed by atoms with van der Waals surface area (Å²) in [5, 5.41) is 0. The fourth-order valence-corrected chi connectivity index (χ4v) is 5.65. The maximum absolute atomic E-state index is 13.1. The molecule has 3 aliphatic rings. The van der Waals surface area contributed by atoms with Gasteiger partial charge in [0.2, 0.25) is 10.0 Å². The number of carbonyl (C=O) groups is 2. The van der Waals surface area contributed by atoms with E-state index in [9.17, 15) is 18.0 Å². The number of nitrogens with zero attached hydrogens (tertiary/aromatic N) is 3. The van der Waals surface area contributed by atoms with Gasteiger partial charge < -0.3 is 9.47 Å². The minimum Gasteiger partial charge on any atom is -0.486 e. The number of fused-ring (bicyclic) bond motifs is 2. The molecule has 0 aromatic heterocycles. The molecule has 1 fully saturated rings. The molecule has 3 aliphatic heterocycles. The normalized spacial score (nSPS) is 19.3. The number of hydrogen-bond acceptors (Lipinski definition) is 7. The summed E-state index contributed by atoms with van der Waals surface area (Å²) in [7, 11) is -3.65. The minimum absolute atomic E-state index is 0.182. The number of piperazine rings is 1. The molecule has 0 bridgehead atoms. The molecule has 32 heavy (non-hydrogen) atoms. The lowest BCUT2D eigenvalue weighted by atomic mass is 10.1. The average molecular weight is 458 g/mol. The lowest BCUT2D eigenvalue weighted by Gasteiger charge is -2.34. The Bertz CT molecular complexity index is 1140. The highest BCUT2D eigenvalue weighted by atomic mass is 32.2. The van der Waals surface area contributed by atoms with Crippen molar-refractivity contribution in [2.45, 2.75) is 4.90 Å². The molecule has 0 spiro atoms. The smallest absolute Gasteiger partial charge is 0.261 e. The Labute approximate surface area is 186 Å². The summed E-state index contributed by atoms with van der Waals surface area (Å²) in [6.45, 7) is 3.33. The molecule has 5 rings (SSSR count). The predicted molar refractivity (Wildman–Crippen MR) is 114 cm³/mol. The molecular weight excluding hydrogens is 434 g/mol. The Kier molecular flexibility index (Phi) is 5.36. The molecule has 0 saturated carbocycles. The van der Waals surface area contributed by atoms with Crippen LogP contribution in [0.4, 0.5) is 0 Å². The minimum atomic E-state index is -3.65. The van der Waals surface area contributed by atoms with E-state index in [1.54, 1.807) is 30.3 Å². The van der Waals surface area contributed by atoms with Gasteiger partial charge in [-0.1, -0.05) is 12.1 Å². The molecule has 9 nitrogen and oxygen atoms in total. The molecule has 10 heteroatoms. The van der Waals surface area contributed by atoms with E-state index in [1.807, 2.05) is 0 Å². The average Bonchev–Trinajstić information content (AvgIpc) is 3.07. The molecule has 0 N–H and O–H groups in total. The van der Waals surface area contributed by atoms with Gasteiger partial charge in [0.15, 0.2) is 11.5 Å². The Morgan fingerprint density at radius 2 is 1.41 bits per heavy atom. The van der Waals surface area contributed by atoms with Gasteiger partial charge >= 0.3 is 0 Å². The first-order valence-electron chi connectivity index (χ1n) is 10.5. The predicted octanol–water partition coefficient (Wildman–Crippen LogP) is 1.06. The molecule has 3 heterocycles. The van der Waals surface area contributed by atoms with Gasteiger partial charge in [-0.25, -0.2) is 8.42 Å². The Morgan fingerprint density at radius 3 is 2.06 bits per heavy atom. The fraction of sp³-hybridized carbons (Fsp3) is 0.364. The van der Waals surface area contributed by atoms with Crippen molar-refractivity contribution >= 4 is 21.8 Å². The summed E-state index contributed by atoms with van der Waals surface area (Å²) in [6, 6.07) is 11.5. The van der Waals surface area contributed by atoms with Gasteiger partial charge in [0.1, 0.15) is 13.2 Å². The van der Waals surface area contributed by atoms with Crippen LogP contribution in [0.2, 0.25) is 0 Å². The lowest BCUT2D eigenvalue weighted by molar-refractivity contribution is 0.0628. The van der Waals surface area contributed by atoms with Crippen molar-refractivity contribution in [2.75, 3.05) is 52.5 Å². The van der Waals surface area contributed by atoms with Crippen LogP contribution < -0.4 is 9.47 Å². The van der Waals surface area contributed by atoms with Gasteiger partial charge in [-0.3, -0.25) is 19.4 Å². The van der Waals surface area contributed by atoms with Crippen LogP contribution in [-0.2, 0) is 10.0 Å². The Hall–Kier alpha value is -2.95. The van der Waals surface area contributed by atoms with E-state index < -0.39 is 10.0 Å². The summed E-state index contributed by atoms with van der Waals surface area (Å²) in [5.41, 5.74) is 0.876. The molecule has 0 atom stereocenters. The summed E-state index contributed by atoms with van der Waals surface area (Å²) >= 11 is 0. The van der Waals surface area contributed by atoms with Crippen LogP contribution in [0.25, 0.3) is 0 Å². The van der Waals surface area contributed by atoms with Gasteiger partial charge in [-0.15, -0.1) is 0 Å². The number of ether oxygens (including phenoxy) is 2. The number of imide groups is 1. The van der Waals surface area contributed by atoms with Crippen LogP contribution in [0.15, 0.2) is 47.4 Å². The molecule has 2 aromatic rings. The van der Waals surface area contributed by atoms with Crippen molar-refractivity contribution in [3.05, 3.63) is 53.6 Å². The van der Waals surface area contributed by atoms with Gasteiger partial charge in [-0.2, -0.15) is 4.31 Å². The second kappa shape index (κ2) is 8.19. The van der Waals surface area contributed by atoms with Gasteiger partial charge in [0.05, 0.1) is 16.0 Å². The van der Waals surface area contributed by atoms with Crippen molar-refractivity contribution in [3.8, 4) is 11.5 Å². The lowest BCUT2D eigenvalue weighted by Crippen LogP contribution is -2.50. The zero-order valence-electron chi connectivity index (χ0n) is 17.4. The molecule has 168 valence electrons. The molecule has 0 unspecified atom stereocenters. The fourth-order valence-electron chi connectivity index (χ4n) is 4.21. The summed E-state index contributed by atoms with van der Waals surface area (Å²) in [5.74, 6) is 0.445. The third-order valence-electron chi connectivity index (χ3n) is 6.00. The van der Waals surface area contributed by atoms with E-state index in [-0.39, 0.29) is 23.3 Å². The Morgan fingerprint density at radius 1 is 0.781 bits per heavy atom. The largest absolute Gasteiger partial charge is 0.486 e. The maximum Gasteiger partial charge on any atom is 0.261 e. The van der Waals surface area contributed by atoms with Crippen LogP contribution in [0.5, 0.6) is 11.5 Å². The highest BCUT2D eigenvalue weighted by Gasteiger charge is 2.35. The van der Waals surface area contributed by atoms with Crippen molar-refractivity contribution < 1.29 is 27.5 Å². The standard InChI is InChI=1S/C22H23N3O6S/c26-21-17-3-1-2-4-18(17)22(27)25(21)12-9-23-7-10-24(11-8-23)32(28,29)16-5-6-19-20(15-16)31-14-13-30-19/h1-6,15H,7-14H2. The van der Waals surface area contributed by atoms with E-state index in [0.29, 0.717) is 68.6 Å². The first kappa shape index (κ1) is 20.9. The number of hydrogen-bond donors (Lipinski definition) is 0. The monoisotopic (exact) mass is 457 g/mol. The SMILES string of the molecule is O=C1c2ccccc2C(=O)N1CCN1CCN(S(=O)(=O)c2ccc3c(c2)OCCO3)CC1. The van der Waals surface area contributed by atoms with Crippen LogP contribution in [0.3, 0.4) is 0 Å². The first-order chi connectivity index (χ1) is 15.4. The number of carbonyl (C=O) groups excluding carboxylic acids is 2. The number of rotatable bonds is 5. The van der Waals surface area contributed by atoms with Crippen molar-refractivity contribution in [1.82, 2.24) is 14.1 Å². The molecule has 2 aromatic carbocycles. The van der Waals surface area contributed by atoms with Crippen LogP contribution in [-0.4, -0.2) is 86.8 Å². The molecule has 0 aliphatic carbocycles. The van der Waals surface area contributed by atoms with Crippen molar-refractivity contribution in [2.24, 2.45) is 0 Å². The van der Waals surface area contributed by atoms with Gasteiger partial charge in [0.25, 0.3) is 11.8 Å². The van der Waals surface area contributed by atoms with Crippen LogP contribution in [0, 0.1) is 0 Å². The highest BCUT2D eigenvalue weighted by Crippen LogP contribution is 2.33. The first-order valence-corrected chi connectivity index (χ1v) is 12.0. The molecule has 1 saturated heterocycles. The molecule has 2 amide bonds. The van der Waals surface area contributed by atoms with Crippen LogP contribution in [0.1, 0.15) is 20.7 Å². The zero-order chi connectivity index (χ0) is 22.3. The van der Waals surface area contributed by atoms with Crippen LogP contribution >= 0.6 is 0 Å². The maximum atomic E-state index is 13.1. The summed E-state index contributed by atoms with van der Waals surface area (Å²) < 4.78 is 38.6. The highest BCUT2D eigenvalue weighted by molar-refractivity contribution is 7.89. The van der Waals surface area contributed by atoms with Crippen molar-refractivity contribution in [3.63, 3.8) is 0 Å². The van der Waals surface area contributed by atoms with E-state index in [4.69, 9.17) is 9.47 Å². The second-order valence-corrected chi connectivity index (χ2v) is 9.80. The molecular formula is C22H23N3O6S. The summed E-state index contributed by atoms with van der Waals surface area (Å²) in [6.07, 6.45) is 0. The van der Waals surface area contributed by atoms with E-state index in [1.165, 1.54) is 21.3 Å². The quantitative estimate of drug-likeness (QED) is 0.620. The summed E-state index contributed by atoms with van der Waals surface area (Å²) in [4.78, 5) is 28.5. The third kappa shape index (κ3) is 3.64. The molecule has 0 radical (unpaired) electrons. The van der Waals surface area contributed by atoms with E-state index in [0.717, 1.165) is 0 Å². The van der Waals surface area contributed by atoms with E-state index >= 15 is 0 Å². The number of amides is 2. The van der Waals surface area contributed by atoms with Crippen molar-refractivity contribution in [1.29, 1.82) is 0 Å². The Balaban J connectivity index is 1.19. The number of sulfonamides is 1. The topological polar surface area (TPSA) is 96.5 Å². The van der Waals surface area contributed by atoms with Gasteiger partial charge in [0, 0.05) is 45.3 Å². The number of benzene rings is 2. The van der Waals surface area contributed by atoms with Gasteiger partial charge in [-0.05, 0) is 24.3 Å². The van der Waals surface area contributed by atoms with E-state index in [2.05, 4.69) is 4.90 Å².